The molecule has 0 aliphatic carbocycles. The molecule has 0 aliphatic heterocycles. The fraction of sp³-hybridized carbons (Fsp3) is 0.140. The first-order valence-corrected chi connectivity index (χ1v) is 18.9. The highest BCUT2D eigenvalue weighted by Crippen LogP contribution is 2.23. The standard InChI is InChI=1S/C22H19N7O.C21H18N8O/c1-13-6-3-4-9-16(13)29-17(27-15-8-5-7-14(2)18(15)22(29)30)10-28-12-26-21-19(28)20(23)24-11-25-21;1-12-6-3-4-9-15(12)29-16(25-14-8-5-7-13(2)17(14)21(29)30)10-28-20-18(26-27-28)19(22)23-11-24-20/h3-9,11-12H,10H2,1-2H3,(H2,23,24,25);3-9,11H,10H2,1-2H3,(H2,22,23,24). The number of anilines is 2. The lowest BCUT2D eigenvalue weighted by Crippen LogP contribution is -2.26. The van der Waals surface area contributed by atoms with Gasteiger partial charge in [0.2, 0.25) is 0 Å². The summed E-state index contributed by atoms with van der Waals surface area (Å²) in [6.45, 7) is 8.27. The monoisotopic (exact) mass is 795 g/mol. The van der Waals surface area contributed by atoms with Crippen molar-refractivity contribution < 1.29 is 0 Å². The van der Waals surface area contributed by atoms with Gasteiger partial charge in [-0.15, -0.1) is 5.10 Å². The number of hydrogen-bond acceptors (Lipinski definition) is 13. The molecule has 0 radical (unpaired) electrons. The quantitative estimate of drug-likeness (QED) is 0.228. The second-order valence-corrected chi connectivity index (χ2v) is 14.3. The largest absolute Gasteiger partial charge is 0.382 e. The molecule has 17 nitrogen and oxygen atoms in total. The predicted octanol–water partition coefficient (Wildman–Crippen LogP) is 4.94. The summed E-state index contributed by atoms with van der Waals surface area (Å²) in [5, 5.41) is 9.46. The number of nitrogens with zero attached hydrogens (tertiary/aromatic N) is 13. The molecule has 60 heavy (non-hydrogen) atoms. The number of aromatic nitrogens is 13. The number of hydrogen-bond donors (Lipinski definition) is 2. The van der Waals surface area contributed by atoms with Crippen LogP contribution in [0.5, 0.6) is 0 Å². The Morgan fingerprint density at radius 2 is 1.10 bits per heavy atom. The minimum absolute atomic E-state index is 0.101. The van der Waals surface area contributed by atoms with Crippen LogP contribution in [0.4, 0.5) is 11.6 Å². The smallest absolute Gasteiger partial charge is 0.266 e. The van der Waals surface area contributed by atoms with Crippen LogP contribution in [-0.4, -0.2) is 63.6 Å². The Balaban J connectivity index is 0.000000154. The van der Waals surface area contributed by atoms with Gasteiger partial charge < -0.3 is 16.0 Å². The van der Waals surface area contributed by atoms with Gasteiger partial charge in [0.1, 0.15) is 36.4 Å². The second kappa shape index (κ2) is 14.9. The van der Waals surface area contributed by atoms with Crippen LogP contribution in [0, 0.1) is 27.7 Å². The molecular weight excluding hydrogens is 759 g/mol. The summed E-state index contributed by atoms with van der Waals surface area (Å²) in [5.74, 6) is 1.69. The summed E-state index contributed by atoms with van der Waals surface area (Å²) in [7, 11) is 0. The molecule has 0 amide bonds. The van der Waals surface area contributed by atoms with Crippen molar-refractivity contribution in [2.24, 2.45) is 0 Å². The maximum Gasteiger partial charge on any atom is 0.266 e. The maximum atomic E-state index is 13.6. The van der Waals surface area contributed by atoms with E-state index in [4.69, 9.17) is 21.4 Å². The molecule has 296 valence electrons. The molecule has 4 N–H and O–H groups in total. The number of fused-ring (bicyclic) bond motifs is 4. The van der Waals surface area contributed by atoms with Gasteiger partial charge >= 0.3 is 0 Å². The summed E-state index contributed by atoms with van der Waals surface area (Å²) in [6, 6.07) is 26.8. The Bertz CT molecular complexity index is 3420. The molecule has 0 aliphatic rings. The number of benzene rings is 4. The molecule has 0 saturated carbocycles. The highest BCUT2D eigenvalue weighted by Gasteiger charge is 2.20. The predicted molar refractivity (Wildman–Crippen MR) is 229 cm³/mol. The first-order chi connectivity index (χ1) is 29.1. The number of para-hydroxylation sites is 2. The third kappa shape index (κ3) is 6.43. The normalized spacial score (nSPS) is 11.4. The van der Waals surface area contributed by atoms with Gasteiger partial charge in [-0.05, 0) is 74.2 Å². The number of nitrogen functional groups attached to an aromatic ring is 2. The molecule has 0 fully saturated rings. The van der Waals surface area contributed by atoms with E-state index in [9.17, 15) is 9.59 Å². The lowest BCUT2D eigenvalue weighted by Gasteiger charge is -2.17. The van der Waals surface area contributed by atoms with Crippen LogP contribution in [0.3, 0.4) is 0 Å². The molecule has 0 atom stereocenters. The van der Waals surface area contributed by atoms with E-state index in [1.54, 1.807) is 20.1 Å². The van der Waals surface area contributed by atoms with Crippen molar-refractivity contribution in [2.45, 2.75) is 40.8 Å². The molecule has 0 bridgehead atoms. The van der Waals surface area contributed by atoms with E-state index in [2.05, 4.69) is 35.2 Å². The molecule has 10 aromatic rings. The van der Waals surface area contributed by atoms with E-state index < -0.39 is 0 Å². The van der Waals surface area contributed by atoms with Crippen LogP contribution in [-0.2, 0) is 13.1 Å². The molecule has 17 heteroatoms. The van der Waals surface area contributed by atoms with Crippen molar-refractivity contribution in [3.63, 3.8) is 0 Å². The highest BCUT2D eigenvalue weighted by molar-refractivity contribution is 5.84. The van der Waals surface area contributed by atoms with E-state index in [0.717, 1.165) is 33.6 Å². The van der Waals surface area contributed by atoms with Crippen molar-refractivity contribution in [1.82, 2.24) is 63.6 Å². The van der Waals surface area contributed by atoms with Crippen LogP contribution in [0.2, 0.25) is 0 Å². The lowest BCUT2D eigenvalue weighted by molar-refractivity contribution is 0.622. The van der Waals surface area contributed by atoms with Crippen molar-refractivity contribution >= 4 is 55.8 Å². The Kier molecular flexibility index (Phi) is 9.31. The van der Waals surface area contributed by atoms with Crippen molar-refractivity contribution in [2.75, 3.05) is 11.5 Å². The van der Waals surface area contributed by atoms with E-state index in [0.29, 0.717) is 68.1 Å². The van der Waals surface area contributed by atoms with Crippen LogP contribution in [0.1, 0.15) is 33.9 Å². The molecule has 10 rings (SSSR count). The SMILES string of the molecule is Cc1ccccc1-n1c(Cn2cnc3ncnc(N)c32)nc2cccc(C)c2c1=O.Cc1ccccc1-n1c(Cn2nnc3c(N)ncnc32)nc2cccc(C)c2c1=O. The van der Waals surface area contributed by atoms with Gasteiger partial charge in [-0.1, -0.05) is 65.9 Å². The van der Waals surface area contributed by atoms with E-state index in [1.165, 1.54) is 12.7 Å². The zero-order chi connectivity index (χ0) is 41.7. The van der Waals surface area contributed by atoms with E-state index in [1.807, 2.05) is 117 Å². The number of nitrogens with two attached hydrogens (primary N) is 2. The van der Waals surface area contributed by atoms with Crippen molar-refractivity contribution in [1.29, 1.82) is 0 Å². The number of rotatable bonds is 6. The second-order valence-electron chi connectivity index (χ2n) is 14.3. The molecule has 6 aromatic heterocycles. The van der Waals surface area contributed by atoms with Gasteiger partial charge in [0.15, 0.2) is 28.4 Å². The summed E-state index contributed by atoms with van der Waals surface area (Å²) >= 11 is 0. The van der Waals surface area contributed by atoms with Gasteiger partial charge in [-0.25, -0.2) is 39.6 Å². The van der Waals surface area contributed by atoms with Gasteiger partial charge in [0.05, 0.1) is 46.1 Å². The van der Waals surface area contributed by atoms with Crippen molar-refractivity contribution in [3.8, 4) is 11.4 Å². The number of aryl methyl sites for hydroxylation is 4. The third-order valence-electron chi connectivity index (χ3n) is 10.4. The Labute approximate surface area is 340 Å². The fourth-order valence-corrected chi connectivity index (χ4v) is 7.48. The molecule has 0 unspecified atom stereocenters. The van der Waals surface area contributed by atoms with Crippen molar-refractivity contribution in [3.05, 3.63) is 159 Å². The van der Waals surface area contributed by atoms with Crippen LogP contribution in [0.25, 0.3) is 55.5 Å². The minimum atomic E-state index is -0.124. The zero-order valence-corrected chi connectivity index (χ0v) is 33.0. The van der Waals surface area contributed by atoms with E-state index >= 15 is 0 Å². The van der Waals surface area contributed by atoms with Crippen LogP contribution in [0.15, 0.2) is 114 Å². The van der Waals surface area contributed by atoms with Crippen LogP contribution < -0.4 is 22.6 Å². The fourth-order valence-electron chi connectivity index (χ4n) is 7.48. The minimum Gasteiger partial charge on any atom is -0.382 e. The van der Waals surface area contributed by atoms with Crippen LogP contribution >= 0.6 is 0 Å². The zero-order valence-electron chi connectivity index (χ0n) is 33.0. The highest BCUT2D eigenvalue weighted by atomic mass is 16.1. The topological polar surface area (TPSA) is 222 Å². The first-order valence-electron chi connectivity index (χ1n) is 18.9. The summed E-state index contributed by atoms with van der Waals surface area (Å²) in [5.41, 5.74) is 20.3. The summed E-state index contributed by atoms with van der Waals surface area (Å²) < 4.78 is 6.72. The average Bonchev–Trinajstić information content (AvgIpc) is 3.84. The van der Waals surface area contributed by atoms with Gasteiger partial charge in [-0.3, -0.25) is 18.7 Å². The average molecular weight is 796 g/mol. The molecule has 6 heterocycles. The molecule has 0 saturated heterocycles. The molecular formula is C43H37N15O2. The Morgan fingerprint density at radius 1 is 0.567 bits per heavy atom. The van der Waals surface area contributed by atoms with E-state index in [-0.39, 0.29) is 23.5 Å². The summed E-state index contributed by atoms with van der Waals surface area (Å²) in [4.78, 5) is 57.7. The lowest BCUT2D eigenvalue weighted by atomic mass is 10.1. The molecule has 0 spiro atoms. The number of imidazole rings is 1. The van der Waals surface area contributed by atoms with Gasteiger partial charge in [0.25, 0.3) is 11.1 Å². The summed E-state index contributed by atoms with van der Waals surface area (Å²) in [6.07, 6.45) is 4.39. The molecule has 4 aromatic carbocycles. The van der Waals surface area contributed by atoms with Gasteiger partial charge in [0, 0.05) is 0 Å². The third-order valence-corrected chi connectivity index (χ3v) is 10.4. The first kappa shape index (κ1) is 37.4. The van der Waals surface area contributed by atoms with Gasteiger partial charge in [-0.2, -0.15) is 0 Å². The maximum absolute atomic E-state index is 13.6. The Morgan fingerprint density at radius 3 is 1.70 bits per heavy atom. The Hall–Kier alpha value is -8.21.